The van der Waals surface area contributed by atoms with Gasteiger partial charge in [-0.25, -0.2) is 0 Å². The Morgan fingerprint density at radius 3 is 2.39 bits per heavy atom. The zero-order chi connectivity index (χ0) is 21.7. The number of carboxylic acids is 1. The number of nitrogens with zero attached hydrogens (tertiary/aromatic N) is 1. The first-order chi connectivity index (χ1) is 13.1. The summed E-state index contributed by atoms with van der Waals surface area (Å²) < 4.78 is 15.4. The zero-order valence-corrected chi connectivity index (χ0v) is 17.9. The van der Waals surface area contributed by atoms with Crippen LogP contribution in [0.4, 0.5) is 5.69 Å². The third-order valence-corrected chi connectivity index (χ3v) is 4.27. The van der Waals surface area contributed by atoms with E-state index in [1.54, 1.807) is 4.90 Å². The second kappa shape index (κ2) is 13.7. The number of benzene rings is 1. The van der Waals surface area contributed by atoms with Gasteiger partial charge in [-0.1, -0.05) is 25.1 Å². The molecule has 0 unspecified atom stereocenters. The molecule has 11 heteroatoms. The molecule has 1 aromatic carbocycles. The van der Waals surface area contributed by atoms with Crippen molar-refractivity contribution in [2.45, 2.75) is 27.2 Å². The summed E-state index contributed by atoms with van der Waals surface area (Å²) in [5, 5.41) is 10.1. The van der Waals surface area contributed by atoms with E-state index in [9.17, 15) is 14.2 Å². The normalized spacial score (nSPS) is 10.8. The molecule has 1 amide bonds. The van der Waals surface area contributed by atoms with Crippen molar-refractivity contribution >= 4 is 36.8 Å². The summed E-state index contributed by atoms with van der Waals surface area (Å²) in [6, 6.07) is 6.03. The third-order valence-electron chi connectivity index (χ3n) is 3.41. The van der Waals surface area contributed by atoms with Crippen molar-refractivity contribution in [3.8, 4) is 0 Å². The Kier molecular flexibility index (Phi) is 12.9. The molecule has 0 atom stereocenters. The Labute approximate surface area is 169 Å². The predicted molar refractivity (Wildman–Crippen MR) is 108 cm³/mol. The molecule has 0 aliphatic rings. The van der Waals surface area contributed by atoms with Crippen LogP contribution >= 0.6 is 19.2 Å². The molecule has 0 bridgehead atoms. The van der Waals surface area contributed by atoms with E-state index < -0.39 is 26.4 Å². The van der Waals surface area contributed by atoms with E-state index in [4.69, 9.17) is 31.2 Å². The number of rotatable bonds is 10. The number of carbonyl (C=O) groups excluding carboxylic acids is 1. The Morgan fingerprint density at radius 2 is 1.93 bits per heavy atom. The van der Waals surface area contributed by atoms with Gasteiger partial charge >= 0.3 is 13.6 Å². The lowest BCUT2D eigenvalue weighted by Crippen LogP contribution is -2.35. The van der Waals surface area contributed by atoms with Crippen molar-refractivity contribution in [2.24, 2.45) is 0 Å². The largest absolute Gasteiger partial charge is 0.480 e. The summed E-state index contributed by atoms with van der Waals surface area (Å²) in [6.45, 7) is 6.35. The molecule has 1 rings (SSSR count). The van der Waals surface area contributed by atoms with Crippen molar-refractivity contribution in [2.75, 3.05) is 36.9 Å². The van der Waals surface area contributed by atoms with Crippen LogP contribution in [0.2, 0.25) is 0 Å². The fourth-order valence-corrected chi connectivity index (χ4v) is 2.76. The lowest BCUT2D eigenvalue weighted by atomic mass is 10.0. The number of alkyl halides is 1. The summed E-state index contributed by atoms with van der Waals surface area (Å²) in [5.74, 6) is -1.31. The Bertz CT molecular complexity index is 681. The second-order valence-electron chi connectivity index (χ2n) is 5.66. The highest BCUT2D eigenvalue weighted by atomic mass is 35.5. The van der Waals surface area contributed by atoms with Crippen LogP contribution in [-0.2, 0) is 25.3 Å². The van der Waals surface area contributed by atoms with Crippen LogP contribution in [0.5, 0.6) is 0 Å². The van der Waals surface area contributed by atoms with Crippen molar-refractivity contribution in [1.82, 2.24) is 5.32 Å². The van der Waals surface area contributed by atoms with E-state index in [2.05, 4.69) is 12.2 Å². The van der Waals surface area contributed by atoms with Gasteiger partial charge in [-0.05, 0) is 31.4 Å². The summed E-state index contributed by atoms with van der Waals surface area (Å²) in [6.07, 6.45) is 0.272. The Balaban J connectivity index is 0.000000621. The molecule has 28 heavy (non-hydrogen) atoms. The molecule has 0 saturated carbocycles. The van der Waals surface area contributed by atoms with Gasteiger partial charge in [0.15, 0.2) is 0 Å². The topological polar surface area (TPSA) is 136 Å². The minimum Gasteiger partial charge on any atom is -0.480 e. The minimum atomic E-state index is -4.10. The van der Waals surface area contributed by atoms with E-state index in [1.807, 2.05) is 32.0 Å². The molecule has 0 aliphatic carbocycles. The summed E-state index contributed by atoms with van der Waals surface area (Å²) in [7, 11) is -4.10. The highest BCUT2D eigenvalue weighted by Crippen LogP contribution is 2.31. The molecule has 0 saturated heterocycles. The third kappa shape index (κ3) is 10.8. The number of aryl methyl sites for hydroxylation is 2. The van der Waals surface area contributed by atoms with Gasteiger partial charge in [0.1, 0.15) is 12.6 Å². The Hall–Kier alpha value is -1.48. The van der Waals surface area contributed by atoms with Crippen LogP contribution in [0, 0.1) is 6.92 Å². The standard InChI is InChI=1S/C14H20ClNO2.C3H8NO5P/c1-4-12-8-6-7-11(3)14(12)16(10-18-5-2)13(17)9-15;5-3(6)1-4-2-10(7,8)9/h6-8H,4-5,9-10H2,1-3H3;4H,1-2H2,(H,5,6)(H2,7,8,9). The summed E-state index contributed by atoms with van der Waals surface area (Å²) in [4.78, 5) is 39.7. The van der Waals surface area contributed by atoms with Crippen LogP contribution in [-0.4, -0.2) is 58.8 Å². The number of carboxylic acid groups (broad SMARTS) is 1. The van der Waals surface area contributed by atoms with Crippen LogP contribution in [0.15, 0.2) is 18.2 Å². The Morgan fingerprint density at radius 1 is 1.29 bits per heavy atom. The van der Waals surface area contributed by atoms with Crippen LogP contribution in [0.1, 0.15) is 25.0 Å². The van der Waals surface area contributed by atoms with E-state index >= 15 is 0 Å². The number of ether oxygens (including phenoxy) is 1. The molecule has 0 radical (unpaired) electrons. The monoisotopic (exact) mass is 438 g/mol. The summed E-state index contributed by atoms with van der Waals surface area (Å²) in [5.41, 5.74) is 3.12. The lowest BCUT2D eigenvalue weighted by molar-refractivity contribution is -0.135. The fraction of sp³-hybridized carbons (Fsp3) is 0.529. The number of hydrogen-bond acceptors (Lipinski definition) is 5. The number of para-hydroxylation sites is 1. The van der Waals surface area contributed by atoms with Gasteiger partial charge in [0.05, 0.1) is 18.5 Å². The molecule has 160 valence electrons. The fourth-order valence-electron chi connectivity index (χ4n) is 2.22. The maximum absolute atomic E-state index is 12.0. The first-order valence-electron chi connectivity index (χ1n) is 8.56. The van der Waals surface area contributed by atoms with Crippen LogP contribution in [0.3, 0.4) is 0 Å². The van der Waals surface area contributed by atoms with Gasteiger partial charge in [0.2, 0.25) is 5.91 Å². The van der Waals surface area contributed by atoms with Crippen molar-refractivity contribution in [1.29, 1.82) is 0 Å². The number of nitrogens with one attached hydrogen (secondary N) is 1. The first-order valence-corrected chi connectivity index (χ1v) is 10.9. The number of halogens is 1. The summed E-state index contributed by atoms with van der Waals surface area (Å²) >= 11 is 5.68. The molecule has 9 nitrogen and oxygen atoms in total. The number of carbonyl (C=O) groups is 2. The van der Waals surface area contributed by atoms with E-state index in [0.717, 1.165) is 23.2 Å². The smallest absolute Gasteiger partial charge is 0.339 e. The zero-order valence-electron chi connectivity index (χ0n) is 16.2. The van der Waals surface area contributed by atoms with Gasteiger partial charge in [0, 0.05) is 6.61 Å². The van der Waals surface area contributed by atoms with Gasteiger partial charge < -0.3 is 19.6 Å². The minimum absolute atomic E-state index is 0.0371. The molecule has 1 aromatic rings. The van der Waals surface area contributed by atoms with E-state index in [1.165, 1.54) is 0 Å². The lowest BCUT2D eigenvalue weighted by Gasteiger charge is -2.25. The van der Waals surface area contributed by atoms with Gasteiger partial charge in [0.25, 0.3) is 0 Å². The van der Waals surface area contributed by atoms with E-state index in [0.29, 0.717) is 6.61 Å². The first kappa shape index (κ1) is 26.5. The molecular formula is C17H28ClN2O7P. The molecule has 0 aromatic heterocycles. The average Bonchev–Trinajstić information content (AvgIpc) is 2.61. The molecule has 4 N–H and O–H groups in total. The molecular weight excluding hydrogens is 411 g/mol. The van der Waals surface area contributed by atoms with Crippen molar-refractivity contribution < 1.29 is 33.8 Å². The van der Waals surface area contributed by atoms with Gasteiger partial charge in [-0.2, -0.15) is 0 Å². The van der Waals surface area contributed by atoms with E-state index in [-0.39, 0.29) is 18.5 Å². The number of hydrogen-bond donors (Lipinski definition) is 4. The quantitative estimate of drug-likeness (QED) is 0.247. The molecule has 0 heterocycles. The molecule has 0 spiro atoms. The molecule has 0 aliphatic heterocycles. The number of amides is 1. The predicted octanol–water partition coefficient (Wildman–Crippen LogP) is 1.92. The number of anilines is 1. The SMILES string of the molecule is CCOCN(C(=O)CCl)c1c(C)cccc1CC.O=C(O)CNCP(=O)(O)O. The molecule has 0 fully saturated rings. The highest BCUT2D eigenvalue weighted by Gasteiger charge is 2.19. The highest BCUT2D eigenvalue weighted by molar-refractivity contribution is 7.51. The number of aliphatic carboxylic acids is 1. The van der Waals surface area contributed by atoms with Gasteiger partial charge in [-0.3, -0.25) is 24.4 Å². The average molecular weight is 439 g/mol. The van der Waals surface area contributed by atoms with Crippen LogP contribution in [0.25, 0.3) is 0 Å². The van der Waals surface area contributed by atoms with Gasteiger partial charge in [-0.15, -0.1) is 11.6 Å². The van der Waals surface area contributed by atoms with Crippen molar-refractivity contribution in [3.63, 3.8) is 0 Å². The second-order valence-corrected chi connectivity index (χ2v) is 7.57. The van der Waals surface area contributed by atoms with Crippen LogP contribution < -0.4 is 10.2 Å². The maximum atomic E-state index is 12.0. The maximum Gasteiger partial charge on any atom is 0.339 e. The van der Waals surface area contributed by atoms with Crippen molar-refractivity contribution in [3.05, 3.63) is 29.3 Å².